The molecule has 0 unspecified atom stereocenters. The first-order chi connectivity index (χ1) is 24.7. The average Bonchev–Trinajstić information content (AvgIpc) is 3.54. The predicted octanol–water partition coefficient (Wildman–Crippen LogP) is -1.89. The van der Waals surface area contributed by atoms with Crippen LogP contribution in [-0.4, -0.2) is 62.8 Å². The molecule has 51 heavy (non-hydrogen) atoms. The molecule has 9 aromatic rings. The van der Waals surface area contributed by atoms with E-state index in [1.165, 1.54) is 109 Å². The number of para-hydroxylation sites is 1. The quantitative estimate of drug-likeness (QED) is 0.163. The standard InChI is InChI=1S/C42H34B8O/c43-35-31-29(20-14-17-28-26(18-20)24-12-6-7-13-27(24)51-28)32-34(38(46)42(50)40(48)36(32)44)30(33(31)37(45)41(49)39(35)47)25-16-15-21(19-8-2-1-3-9-19)22-10-4-5-11-23(22)25/h1-18H,43-50H2. The molecule has 0 amide bonds. The number of furan rings is 1. The van der Waals surface area contributed by atoms with E-state index in [1.54, 1.807) is 0 Å². The van der Waals surface area contributed by atoms with E-state index < -0.39 is 0 Å². The van der Waals surface area contributed by atoms with Gasteiger partial charge in [0.15, 0.2) is 0 Å². The van der Waals surface area contributed by atoms with Crippen LogP contribution in [0.2, 0.25) is 0 Å². The SMILES string of the molecule is Bc1c(B)c(B)c2c(-c3ccc(-c4ccccc4)c4ccccc34)c3c(B)c(B)c(B)c(B)c3c(-c3ccc4oc5ccccc5c4c3)c2c1B. The fraction of sp³-hybridized carbons (Fsp3) is 0. The lowest BCUT2D eigenvalue weighted by molar-refractivity contribution is 0.669. The van der Waals surface area contributed by atoms with Crippen LogP contribution < -0.4 is 43.7 Å². The Morgan fingerprint density at radius 1 is 0.314 bits per heavy atom. The molecule has 1 nitrogen and oxygen atoms in total. The molecule has 0 saturated carbocycles. The van der Waals surface area contributed by atoms with E-state index >= 15 is 0 Å². The maximum absolute atomic E-state index is 6.33. The van der Waals surface area contributed by atoms with Crippen LogP contribution in [0.4, 0.5) is 0 Å². The fourth-order valence-electron chi connectivity index (χ4n) is 8.95. The first kappa shape index (κ1) is 31.8. The Bertz CT molecular complexity index is 2870. The third kappa shape index (κ3) is 4.53. The van der Waals surface area contributed by atoms with Crippen molar-refractivity contribution in [3.8, 4) is 33.4 Å². The Morgan fingerprint density at radius 2 is 0.765 bits per heavy atom. The molecule has 0 aliphatic rings. The van der Waals surface area contributed by atoms with E-state index in [0.29, 0.717) is 0 Å². The van der Waals surface area contributed by atoms with Gasteiger partial charge in [-0.05, 0) is 83.9 Å². The minimum atomic E-state index is 0.926. The number of hydrogen-bond acceptors (Lipinski definition) is 1. The number of rotatable bonds is 3. The van der Waals surface area contributed by atoms with Crippen molar-refractivity contribution in [2.45, 2.75) is 0 Å². The monoisotopic (exact) mass is 642 g/mol. The third-order valence-electron chi connectivity index (χ3n) is 12.3. The molecule has 0 saturated heterocycles. The van der Waals surface area contributed by atoms with Crippen molar-refractivity contribution in [3.63, 3.8) is 0 Å². The Morgan fingerprint density at radius 3 is 1.35 bits per heavy atom. The van der Waals surface area contributed by atoms with E-state index in [-0.39, 0.29) is 0 Å². The molecule has 9 rings (SSSR count). The molecule has 1 heterocycles. The zero-order valence-electron chi connectivity index (χ0n) is 30.8. The van der Waals surface area contributed by atoms with Crippen LogP contribution in [0.15, 0.2) is 114 Å². The summed E-state index contributed by atoms with van der Waals surface area (Å²) in [6, 6.07) is 39.8. The molecule has 0 fully saturated rings. The molecule has 0 radical (unpaired) electrons. The second-order valence-corrected chi connectivity index (χ2v) is 14.6. The van der Waals surface area contributed by atoms with Crippen molar-refractivity contribution in [3.05, 3.63) is 109 Å². The maximum Gasteiger partial charge on any atom is 0.139 e. The molecule has 0 spiro atoms. The van der Waals surface area contributed by atoms with Gasteiger partial charge in [0.05, 0.1) is 0 Å². The first-order valence-corrected chi connectivity index (χ1v) is 18.1. The molecule has 232 valence electrons. The molecular formula is C42H34B8O. The summed E-state index contributed by atoms with van der Waals surface area (Å²) < 4.78 is 6.33. The molecular weight excluding hydrogens is 607 g/mol. The minimum Gasteiger partial charge on any atom is -0.456 e. The Kier molecular flexibility index (Phi) is 7.30. The van der Waals surface area contributed by atoms with Crippen molar-refractivity contribution in [2.75, 3.05) is 0 Å². The summed E-state index contributed by atoms with van der Waals surface area (Å²) in [5.74, 6) is 0. The van der Waals surface area contributed by atoms with Crippen molar-refractivity contribution in [1.29, 1.82) is 0 Å². The molecule has 0 aliphatic carbocycles. The summed E-state index contributed by atoms with van der Waals surface area (Å²) in [7, 11) is 18.6. The van der Waals surface area contributed by atoms with Gasteiger partial charge in [0.2, 0.25) is 0 Å². The summed E-state index contributed by atoms with van der Waals surface area (Å²) in [5.41, 5.74) is 20.4. The predicted molar refractivity (Wildman–Crippen MR) is 248 cm³/mol. The fourth-order valence-corrected chi connectivity index (χ4v) is 8.95. The highest BCUT2D eigenvalue weighted by Gasteiger charge is 2.26. The summed E-state index contributed by atoms with van der Waals surface area (Å²) in [4.78, 5) is 0. The van der Waals surface area contributed by atoms with Crippen molar-refractivity contribution in [2.24, 2.45) is 0 Å². The number of hydrogen-bond donors (Lipinski definition) is 0. The summed E-state index contributed by atoms with van der Waals surface area (Å²) >= 11 is 0. The van der Waals surface area contributed by atoms with Gasteiger partial charge in [0.25, 0.3) is 0 Å². The maximum atomic E-state index is 6.33. The van der Waals surface area contributed by atoms with Gasteiger partial charge in [-0.2, -0.15) is 0 Å². The molecule has 9 heteroatoms. The van der Waals surface area contributed by atoms with Gasteiger partial charge < -0.3 is 4.42 Å². The van der Waals surface area contributed by atoms with E-state index in [0.717, 1.165) is 21.9 Å². The van der Waals surface area contributed by atoms with Crippen molar-refractivity contribution < 1.29 is 4.42 Å². The van der Waals surface area contributed by atoms with Crippen LogP contribution in [0, 0.1) is 0 Å². The van der Waals surface area contributed by atoms with Gasteiger partial charge in [-0.1, -0.05) is 113 Å². The molecule has 0 aliphatic heterocycles. The Hall–Kier alpha value is -5.14. The van der Waals surface area contributed by atoms with Crippen LogP contribution in [0.25, 0.3) is 87.6 Å². The van der Waals surface area contributed by atoms with Gasteiger partial charge in [0.1, 0.15) is 73.9 Å². The van der Waals surface area contributed by atoms with Gasteiger partial charge in [-0.15, -0.1) is 21.9 Å². The van der Waals surface area contributed by atoms with Gasteiger partial charge in [-0.25, -0.2) is 0 Å². The van der Waals surface area contributed by atoms with Crippen LogP contribution in [0.5, 0.6) is 0 Å². The lowest BCUT2D eigenvalue weighted by atomic mass is 9.59. The number of benzene rings is 8. The molecule has 0 bridgehead atoms. The van der Waals surface area contributed by atoms with E-state index in [2.05, 4.69) is 172 Å². The summed E-state index contributed by atoms with van der Waals surface area (Å²) in [6.07, 6.45) is 0. The average molecular weight is 641 g/mol. The highest BCUT2D eigenvalue weighted by atomic mass is 16.3. The first-order valence-electron chi connectivity index (χ1n) is 18.1. The van der Waals surface area contributed by atoms with Gasteiger partial charge in [0, 0.05) is 10.8 Å². The van der Waals surface area contributed by atoms with Crippen molar-refractivity contribution >= 4 is 161 Å². The number of fused-ring (bicyclic) bond motifs is 6. The lowest BCUT2D eigenvalue weighted by Gasteiger charge is -2.28. The summed E-state index contributed by atoms with van der Waals surface area (Å²) in [6.45, 7) is 0. The molecule has 1 aromatic heterocycles. The zero-order chi connectivity index (χ0) is 35.3. The smallest absolute Gasteiger partial charge is 0.139 e. The Labute approximate surface area is 306 Å². The van der Waals surface area contributed by atoms with E-state index in [4.69, 9.17) is 4.42 Å². The highest BCUT2D eigenvalue weighted by molar-refractivity contribution is 6.71. The second-order valence-electron chi connectivity index (χ2n) is 14.6. The lowest BCUT2D eigenvalue weighted by Crippen LogP contribution is -2.50. The molecule has 0 atom stereocenters. The zero-order valence-corrected chi connectivity index (χ0v) is 30.8. The van der Waals surface area contributed by atoms with Crippen LogP contribution in [-0.2, 0) is 0 Å². The van der Waals surface area contributed by atoms with Gasteiger partial charge >= 0.3 is 0 Å². The van der Waals surface area contributed by atoms with E-state index in [1.807, 2.05) is 0 Å². The van der Waals surface area contributed by atoms with Crippen LogP contribution >= 0.6 is 0 Å². The minimum absolute atomic E-state index is 0.926. The van der Waals surface area contributed by atoms with Crippen LogP contribution in [0.1, 0.15) is 0 Å². The topological polar surface area (TPSA) is 13.1 Å². The van der Waals surface area contributed by atoms with E-state index in [9.17, 15) is 0 Å². The Balaban J connectivity index is 1.53. The second kappa shape index (κ2) is 11.7. The summed E-state index contributed by atoms with van der Waals surface area (Å²) in [5, 5.41) is 10.3. The third-order valence-corrected chi connectivity index (χ3v) is 12.3. The molecule has 8 aromatic carbocycles. The van der Waals surface area contributed by atoms with Crippen LogP contribution in [0.3, 0.4) is 0 Å². The largest absolute Gasteiger partial charge is 0.456 e. The van der Waals surface area contributed by atoms with Crippen molar-refractivity contribution in [1.82, 2.24) is 0 Å². The highest BCUT2D eigenvalue weighted by Crippen LogP contribution is 2.45. The van der Waals surface area contributed by atoms with Gasteiger partial charge in [-0.3, -0.25) is 0 Å². The normalized spacial score (nSPS) is 11.8. The molecule has 0 N–H and O–H groups in total.